The lowest BCUT2D eigenvalue weighted by molar-refractivity contribution is 0.718. The van der Waals surface area contributed by atoms with Crippen LogP contribution < -0.4 is 0 Å². The molecule has 1 aromatic carbocycles. The minimum absolute atomic E-state index is 0.759. The predicted molar refractivity (Wildman–Crippen MR) is 59.1 cm³/mol. The average molecular weight is 188 g/mol. The molecule has 1 heteroatoms. The van der Waals surface area contributed by atoms with Gasteiger partial charge in [-0.25, -0.2) is 0 Å². The van der Waals surface area contributed by atoms with Crippen molar-refractivity contribution in [1.82, 2.24) is 0 Å². The van der Waals surface area contributed by atoms with Crippen LogP contribution in [0.1, 0.15) is 23.5 Å². The lowest BCUT2D eigenvalue weighted by Gasteiger charge is -2.22. The molecule has 1 aromatic rings. The number of hydrogen-bond acceptors (Lipinski definition) is 1. The first kappa shape index (κ1) is 7.69. The Morgan fingerprint density at radius 3 is 3.15 bits per heavy atom. The molecule has 66 valence electrons. The first-order valence-corrected chi connectivity index (χ1v) is 5.89. The van der Waals surface area contributed by atoms with Gasteiger partial charge in [-0.15, -0.1) is 0 Å². The predicted octanol–water partition coefficient (Wildman–Crippen LogP) is 3.30. The largest absolute Gasteiger partial charge is 0.154 e. The van der Waals surface area contributed by atoms with Crippen molar-refractivity contribution in [3.8, 4) is 0 Å². The third-order valence-electron chi connectivity index (χ3n) is 3.00. The molecule has 3 rings (SSSR count). The molecule has 2 atom stereocenters. The lowest BCUT2D eigenvalue weighted by Crippen LogP contribution is -2.11. The summed E-state index contributed by atoms with van der Waals surface area (Å²) in [6, 6.07) is 8.82. The van der Waals surface area contributed by atoms with Crippen molar-refractivity contribution in [3.63, 3.8) is 0 Å². The van der Waals surface area contributed by atoms with Crippen molar-refractivity contribution in [2.24, 2.45) is 0 Å². The summed E-state index contributed by atoms with van der Waals surface area (Å²) in [5.41, 5.74) is 3.01. The van der Waals surface area contributed by atoms with Gasteiger partial charge >= 0.3 is 0 Å². The fourth-order valence-electron chi connectivity index (χ4n) is 2.33. The van der Waals surface area contributed by atoms with Crippen LogP contribution in [0.3, 0.4) is 0 Å². The van der Waals surface area contributed by atoms with Crippen LogP contribution >= 0.6 is 11.8 Å². The molecule has 1 heterocycles. The van der Waals surface area contributed by atoms with Gasteiger partial charge in [0.15, 0.2) is 0 Å². The molecule has 0 aromatic heterocycles. The SMILES string of the molecule is C1=CC2SCCC2c2ccccc21. The van der Waals surface area contributed by atoms with Gasteiger partial charge in [0.2, 0.25) is 0 Å². The van der Waals surface area contributed by atoms with Crippen LogP contribution in [0.15, 0.2) is 30.3 Å². The Morgan fingerprint density at radius 1 is 1.23 bits per heavy atom. The van der Waals surface area contributed by atoms with Crippen LogP contribution in [0.25, 0.3) is 6.08 Å². The highest BCUT2D eigenvalue weighted by molar-refractivity contribution is 8.00. The molecule has 0 bridgehead atoms. The minimum atomic E-state index is 0.759. The zero-order chi connectivity index (χ0) is 8.67. The second-order valence-electron chi connectivity index (χ2n) is 3.72. The second kappa shape index (κ2) is 2.91. The van der Waals surface area contributed by atoms with Gasteiger partial charge in [0.1, 0.15) is 0 Å². The van der Waals surface area contributed by atoms with Gasteiger partial charge in [-0.2, -0.15) is 11.8 Å². The van der Waals surface area contributed by atoms with E-state index in [1.165, 1.54) is 17.7 Å². The Bertz CT molecular complexity index is 354. The zero-order valence-electron chi connectivity index (χ0n) is 7.44. The van der Waals surface area contributed by atoms with Crippen LogP contribution in [0.2, 0.25) is 0 Å². The fourth-order valence-corrected chi connectivity index (χ4v) is 3.70. The third kappa shape index (κ3) is 1.14. The van der Waals surface area contributed by atoms with Crippen molar-refractivity contribution in [3.05, 3.63) is 41.5 Å². The Kier molecular flexibility index (Phi) is 1.72. The normalized spacial score (nSPS) is 29.8. The molecular formula is C12H12S. The van der Waals surface area contributed by atoms with E-state index in [1.54, 1.807) is 5.56 Å². The Balaban J connectivity index is 2.13. The summed E-state index contributed by atoms with van der Waals surface area (Å²) in [5.74, 6) is 2.12. The molecule has 2 unspecified atom stereocenters. The number of rotatable bonds is 0. The Hall–Kier alpha value is -0.690. The first-order valence-electron chi connectivity index (χ1n) is 4.84. The smallest absolute Gasteiger partial charge is 0.0299 e. The summed E-state index contributed by atoms with van der Waals surface area (Å²) >= 11 is 2.10. The van der Waals surface area contributed by atoms with Crippen LogP contribution in [0.4, 0.5) is 0 Å². The standard InChI is InChI=1S/C12H12S/c1-2-4-10-9(3-1)5-6-12-11(10)7-8-13-12/h1-6,11-12H,7-8H2. The molecule has 1 saturated heterocycles. The van der Waals surface area contributed by atoms with E-state index in [1.807, 2.05) is 0 Å². The zero-order valence-corrected chi connectivity index (χ0v) is 8.26. The van der Waals surface area contributed by atoms with Gasteiger partial charge in [0, 0.05) is 11.2 Å². The van der Waals surface area contributed by atoms with Crippen LogP contribution in [-0.2, 0) is 0 Å². The van der Waals surface area contributed by atoms with E-state index in [0.717, 1.165) is 11.2 Å². The first-order chi connectivity index (χ1) is 6.45. The molecule has 1 aliphatic carbocycles. The second-order valence-corrected chi connectivity index (χ2v) is 5.00. The van der Waals surface area contributed by atoms with E-state index in [2.05, 4.69) is 48.2 Å². The van der Waals surface area contributed by atoms with Gasteiger partial charge in [-0.3, -0.25) is 0 Å². The summed E-state index contributed by atoms with van der Waals surface area (Å²) in [6.07, 6.45) is 6.02. The van der Waals surface area contributed by atoms with Crippen molar-refractivity contribution in [2.75, 3.05) is 5.75 Å². The van der Waals surface area contributed by atoms with E-state index in [9.17, 15) is 0 Å². The molecule has 0 spiro atoms. The molecule has 0 saturated carbocycles. The Labute approximate surface area is 83.0 Å². The number of thioether (sulfide) groups is 1. The van der Waals surface area contributed by atoms with Crippen molar-refractivity contribution in [1.29, 1.82) is 0 Å². The highest BCUT2D eigenvalue weighted by Crippen LogP contribution is 2.44. The molecule has 13 heavy (non-hydrogen) atoms. The molecule has 0 N–H and O–H groups in total. The number of fused-ring (bicyclic) bond motifs is 3. The van der Waals surface area contributed by atoms with Crippen molar-refractivity contribution < 1.29 is 0 Å². The monoisotopic (exact) mass is 188 g/mol. The number of hydrogen-bond donors (Lipinski definition) is 0. The maximum atomic E-state index is 2.38. The van der Waals surface area contributed by atoms with Gasteiger partial charge in [0.05, 0.1) is 0 Å². The van der Waals surface area contributed by atoms with Gasteiger partial charge in [-0.05, 0) is 23.3 Å². The molecule has 0 amide bonds. The van der Waals surface area contributed by atoms with Crippen molar-refractivity contribution in [2.45, 2.75) is 17.6 Å². The number of benzene rings is 1. The van der Waals surface area contributed by atoms with Crippen molar-refractivity contribution >= 4 is 17.8 Å². The summed E-state index contributed by atoms with van der Waals surface area (Å²) in [4.78, 5) is 0. The molecule has 2 aliphatic rings. The quantitative estimate of drug-likeness (QED) is 0.602. The molecule has 0 radical (unpaired) electrons. The van der Waals surface area contributed by atoms with E-state index in [4.69, 9.17) is 0 Å². The maximum Gasteiger partial charge on any atom is 0.0299 e. The van der Waals surface area contributed by atoms with E-state index < -0.39 is 0 Å². The lowest BCUT2D eigenvalue weighted by atomic mass is 9.85. The highest BCUT2D eigenvalue weighted by atomic mass is 32.2. The molecule has 0 nitrogen and oxygen atoms in total. The van der Waals surface area contributed by atoms with Crippen LogP contribution in [0.5, 0.6) is 0 Å². The van der Waals surface area contributed by atoms with E-state index >= 15 is 0 Å². The van der Waals surface area contributed by atoms with E-state index in [-0.39, 0.29) is 0 Å². The maximum absolute atomic E-state index is 2.38. The van der Waals surface area contributed by atoms with Crippen LogP contribution in [-0.4, -0.2) is 11.0 Å². The third-order valence-corrected chi connectivity index (χ3v) is 4.34. The molecule has 1 fully saturated rings. The fraction of sp³-hybridized carbons (Fsp3) is 0.333. The molecular weight excluding hydrogens is 176 g/mol. The summed E-state index contributed by atoms with van der Waals surface area (Å²) in [6.45, 7) is 0. The highest BCUT2D eigenvalue weighted by Gasteiger charge is 2.30. The summed E-state index contributed by atoms with van der Waals surface area (Å²) < 4.78 is 0. The average Bonchev–Trinajstić information content (AvgIpc) is 2.65. The van der Waals surface area contributed by atoms with Gasteiger partial charge in [0.25, 0.3) is 0 Å². The van der Waals surface area contributed by atoms with Gasteiger partial charge in [-0.1, -0.05) is 36.4 Å². The minimum Gasteiger partial charge on any atom is -0.154 e. The van der Waals surface area contributed by atoms with Crippen LogP contribution in [0, 0.1) is 0 Å². The van der Waals surface area contributed by atoms with Gasteiger partial charge < -0.3 is 0 Å². The summed E-state index contributed by atoms with van der Waals surface area (Å²) in [7, 11) is 0. The molecule has 1 aliphatic heterocycles. The Morgan fingerprint density at radius 2 is 2.15 bits per heavy atom. The van der Waals surface area contributed by atoms with E-state index in [0.29, 0.717) is 0 Å². The summed E-state index contributed by atoms with van der Waals surface area (Å²) in [5, 5.41) is 0.759. The topological polar surface area (TPSA) is 0 Å².